The summed E-state index contributed by atoms with van der Waals surface area (Å²) in [7, 11) is 0. The Morgan fingerprint density at radius 3 is 2.33 bits per heavy atom. The average molecular weight is 465 g/mol. The molecule has 0 aliphatic rings. The lowest BCUT2D eigenvalue weighted by Crippen LogP contribution is -2.32. The van der Waals surface area contributed by atoms with Gasteiger partial charge in [-0.25, -0.2) is 5.43 Å². The van der Waals surface area contributed by atoms with Crippen LogP contribution in [0.4, 0.5) is 11.4 Å². The highest BCUT2D eigenvalue weighted by Crippen LogP contribution is 2.15. The second-order valence-electron chi connectivity index (χ2n) is 6.94. The van der Waals surface area contributed by atoms with Gasteiger partial charge in [-0.05, 0) is 67.1 Å². The summed E-state index contributed by atoms with van der Waals surface area (Å²) in [5, 5.41) is 9.47. The van der Waals surface area contributed by atoms with Gasteiger partial charge < -0.3 is 15.4 Å². The molecule has 0 aliphatic heterocycles. The van der Waals surface area contributed by atoms with Crippen LogP contribution in [0, 0.1) is 6.92 Å². The third-order valence-corrected chi connectivity index (χ3v) is 4.49. The van der Waals surface area contributed by atoms with Crippen molar-refractivity contribution in [3.05, 3.63) is 88.9 Å². The summed E-state index contributed by atoms with van der Waals surface area (Å²) in [6.45, 7) is 1.75. The number of hydrazone groups is 1. The predicted molar refractivity (Wildman–Crippen MR) is 128 cm³/mol. The second-order valence-corrected chi connectivity index (χ2v) is 7.37. The van der Waals surface area contributed by atoms with Gasteiger partial charge in [0.25, 0.3) is 5.91 Å². The molecule has 0 fully saturated rings. The standard InChI is InChI=1S/C24H21ClN4O4/c1-16-5-9-19(10-6-16)28-23(31)24(32)29-26-14-17-7-11-21(12-8-17)33-15-22(30)27-20-4-2-3-18(25)13-20/h2-14H,15H2,1H3,(H,27,30)(H,28,31)(H,29,32)/b26-14-. The normalized spacial score (nSPS) is 10.5. The van der Waals surface area contributed by atoms with Crippen molar-refractivity contribution in [2.75, 3.05) is 17.2 Å². The first-order valence-electron chi connectivity index (χ1n) is 9.88. The number of rotatable bonds is 7. The molecule has 0 bridgehead atoms. The van der Waals surface area contributed by atoms with E-state index in [1.807, 2.05) is 19.1 Å². The molecule has 3 aromatic carbocycles. The maximum Gasteiger partial charge on any atom is 0.329 e. The van der Waals surface area contributed by atoms with Crippen LogP contribution in [-0.2, 0) is 14.4 Å². The van der Waals surface area contributed by atoms with Gasteiger partial charge in [0.2, 0.25) is 0 Å². The van der Waals surface area contributed by atoms with E-state index in [0.717, 1.165) is 5.56 Å². The minimum Gasteiger partial charge on any atom is -0.484 e. The van der Waals surface area contributed by atoms with Gasteiger partial charge in [-0.15, -0.1) is 0 Å². The van der Waals surface area contributed by atoms with Crippen molar-refractivity contribution in [2.24, 2.45) is 5.10 Å². The van der Waals surface area contributed by atoms with E-state index >= 15 is 0 Å². The number of carbonyl (C=O) groups is 3. The van der Waals surface area contributed by atoms with Gasteiger partial charge in [-0.2, -0.15) is 5.10 Å². The van der Waals surface area contributed by atoms with E-state index in [1.54, 1.807) is 60.7 Å². The van der Waals surface area contributed by atoms with Crippen molar-refractivity contribution in [1.82, 2.24) is 5.43 Å². The van der Waals surface area contributed by atoms with E-state index < -0.39 is 11.8 Å². The van der Waals surface area contributed by atoms with Crippen molar-refractivity contribution in [1.29, 1.82) is 0 Å². The number of aryl methyl sites for hydroxylation is 1. The summed E-state index contributed by atoms with van der Waals surface area (Å²) in [4.78, 5) is 35.7. The number of anilines is 2. The van der Waals surface area contributed by atoms with E-state index in [1.165, 1.54) is 6.21 Å². The zero-order valence-corrected chi connectivity index (χ0v) is 18.4. The van der Waals surface area contributed by atoms with Gasteiger partial charge in [-0.3, -0.25) is 14.4 Å². The van der Waals surface area contributed by atoms with Crippen molar-refractivity contribution >= 4 is 46.9 Å². The molecule has 9 heteroatoms. The summed E-state index contributed by atoms with van der Waals surface area (Å²) in [5.74, 6) is -1.56. The molecule has 3 N–H and O–H groups in total. The van der Waals surface area contributed by atoms with E-state index in [0.29, 0.717) is 27.7 Å². The van der Waals surface area contributed by atoms with Gasteiger partial charge in [-0.1, -0.05) is 35.4 Å². The molecule has 0 saturated heterocycles. The Balaban J connectivity index is 1.42. The minimum absolute atomic E-state index is 0.175. The molecule has 0 aromatic heterocycles. The number of amides is 3. The Bertz CT molecular complexity index is 1160. The fourth-order valence-electron chi connectivity index (χ4n) is 2.60. The number of nitrogens with zero attached hydrogens (tertiary/aromatic N) is 1. The summed E-state index contributed by atoms with van der Waals surface area (Å²) >= 11 is 5.89. The quantitative estimate of drug-likeness (QED) is 0.281. The number of ether oxygens (including phenoxy) is 1. The molecule has 3 rings (SSSR count). The lowest BCUT2D eigenvalue weighted by Gasteiger charge is -2.08. The van der Waals surface area contributed by atoms with Crippen molar-refractivity contribution < 1.29 is 19.1 Å². The first kappa shape index (κ1) is 23.5. The van der Waals surface area contributed by atoms with Gasteiger partial charge in [0.15, 0.2) is 6.61 Å². The number of nitrogens with one attached hydrogen (secondary N) is 3. The molecule has 0 saturated carbocycles. The maximum atomic E-state index is 12.0. The van der Waals surface area contributed by atoms with E-state index in [-0.39, 0.29) is 12.5 Å². The Kier molecular flexibility index (Phi) is 8.15. The number of halogens is 1. The Hall–Kier alpha value is -4.17. The highest BCUT2D eigenvalue weighted by atomic mass is 35.5. The molecular weight excluding hydrogens is 444 g/mol. The third-order valence-electron chi connectivity index (χ3n) is 4.25. The molecule has 3 aromatic rings. The summed E-state index contributed by atoms with van der Waals surface area (Å²) in [6, 6.07) is 20.5. The first-order valence-corrected chi connectivity index (χ1v) is 10.3. The Labute approximate surface area is 195 Å². The van der Waals surface area contributed by atoms with Crippen molar-refractivity contribution in [3.8, 4) is 5.75 Å². The molecule has 168 valence electrons. The van der Waals surface area contributed by atoms with E-state index in [4.69, 9.17) is 16.3 Å². The van der Waals surface area contributed by atoms with Crippen molar-refractivity contribution in [2.45, 2.75) is 6.92 Å². The molecule has 33 heavy (non-hydrogen) atoms. The van der Waals surface area contributed by atoms with Crippen LogP contribution in [0.25, 0.3) is 0 Å². The molecule has 3 amide bonds. The molecule has 0 atom stereocenters. The lowest BCUT2D eigenvalue weighted by atomic mass is 10.2. The summed E-state index contributed by atoms with van der Waals surface area (Å²) < 4.78 is 5.45. The summed E-state index contributed by atoms with van der Waals surface area (Å²) in [6.07, 6.45) is 1.38. The first-order chi connectivity index (χ1) is 15.9. The van der Waals surface area contributed by atoms with Crippen LogP contribution in [0.1, 0.15) is 11.1 Å². The van der Waals surface area contributed by atoms with Gasteiger partial charge in [0, 0.05) is 16.4 Å². The van der Waals surface area contributed by atoms with Crippen LogP contribution < -0.4 is 20.8 Å². The molecule has 0 heterocycles. The van der Waals surface area contributed by atoms with Gasteiger partial charge in [0.05, 0.1) is 6.21 Å². The lowest BCUT2D eigenvalue weighted by molar-refractivity contribution is -0.136. The highest BCUT2D eigenvalue weighted by Gasteiger charge is 2.12. The van der Waals surface area contributed by atoms with Crippen LogP contribution in [-0.4, -0.2) is 30.5 Å². The molecule has 0 aliphatic carbocycles. The molecule has 8 nitrogen and oxygen atoms in total. The van der Waals surface area contributed by atoms with Crippen LogP contribution in [0.3, 0.4) is 0 Å². The number of carbonyl (C=O) groups excluding carboxylic acids is 3. The zero-order valence-electron chi connectivity index (χ0n) is 17.7. The van der Waals surface area contributed by atoms with Crippen LogP contribution in [0.5, 0.6) is 5.75 Å². The molecule has 0 radical (unpaired) electrons. The van der Waals surface area contributed by atoms with Gasteiger partial charge in [0.1, 0.15) is 5.75 Å². The maximum absolute atomic E-state index is 12.0. The second kappa shape index (κ2) is 11.4. The van der Waals surface area contributed by atoms with Crippen LogP contribution in [0.15, 0.2) is 77.9 Å². The SMILES string of the molecule is Cc1ccc(NC(=O)C(=O)N/N=C\c2ccc(OCC(=O)Nc3cccc(Cl)c3)cc2)cc1. The third kappa shape index (κ3) is 7.79. The molecule has 0 unspecified atom stereocenters. The van der Waals surface area contributed by atoms with Crippen LogP contribution >= 0.6 is 11.6 Å². The topological polar surface area (TPSA) is 109 Å². The monoisotopic (exact) mass is 464 g/mol. The zero-order chi connectivity index (χ0) is 23.6. The fraction of sp³-hybridized carbons (Fsp3) is 0.0833. The largest absolute Gasteiger partial charge is 0.484 e. The average Bonchev–Trinajstić information content (AvgIpc) is 2.80. The van der Waals surface area contributed by atoms with E-state index in [2.05, 4.69) is 21.2 Å². The fourth-order valence-corrected chi connectivity index (χ4v) is 2.79. The minimum atomic E-state index is -0.891. The predicted octanol–water partition coefficient (Wildman–Crippen LogP) is 3.75. The van der Waals surface area contributed by atoms with E-state index in [9.17, 15) is 14.4 Å². The van der Waals surface area contributed by atoms with Crippen molar-refractivity contribution in [3.63, 3.8) is 0 Å². The number of hydrogen-bond donors (Lipinski definition) is 3. The highest BCUT2D eigenvalue weighted by molar-refractivity contribution is 6.39. The molecular formula is C24H21ClN4O4. The Morgan fingerprint density at radius 2 is 1.64 bits per heavy atom. The number of benzene rings is 3. The van der Waals surface area contributed by atoms with Crippen LogP contribution in [0.2, 0.25) is 5.02 Å². The Morgan fingerprint density at radius 1 is 0.909 bits per heavy atom. The molecule has 0 spiro atoms. The summed E-state index contributed by atoms with van der Waals surface area (Å²) in [5.41, 5.74) is 4.96. The number of hydrogen-bond acceptors (Lipinski definition) is 5. The smallest absolute Gasteiger partial charge is 0.329 e. The van der Waals surface area contributed by atoms with Gasteiger partial charge >= 0.3 is 11.8 Å².